The van der Waals surface area contributed by atoms with Crippen LogP contribution in [-0.4, -0.2) is 18.1 Å². The second kappa shape index (κ2) is 7.43. The van der Waals surface area contributed by atoms with Crippen molar-refractivity contribution in [2.45, 2.75) is 32.9 Å². The van der Waals surface area contributed by atoms with Gasteiger partial charge in [-0.25, -0.2) is 4.52 Å². The molecule has 104 valence electrons. The summed E-state index contributed by atoms with van der Waals surface area (Å²) >= 11 is 5.72. The SMILES string of the molecule is CC(C)OC(=O)[C@H](C)N[P+](=O)Oc1ccc(Cl)cc1. The minimum atomic E-state index is -2.21. The monoisotopic (exact) mass is 304 g/mol. The van der Waals surface area contributed by atoms with Crippen LogP contribution in [-0.2, 0) is 14.1 Å². The van der Waals surface area contributed by atoms with Gasteiger partial charge in [-0.2, -0.15) is 0 Å². The minimum Gasteiger partial charge on any atom is -0.462 e. The molecule has 1 N–H and O–H groups in total. The second-order valence-electron chi connectivity index (χ2n) is 4.14. The molecule has 0 aromatic heterocycles. The molecule has 0 saturated heterocycles. The van der Waals surface area contributed by atoms with Gasteiger partial charge >= 0.3 is 14.1 Å². The standard InChI is InChI=1S/C12H16ClNO4P/c1-8(2)17-12(15)9(3)14-19(16)18-11-6-4-10(13)5-7-11/h4-9H,1-3H3,(H,14,16)/q+1/t9-/m0/s1. The van der Waals surface area contributed by atoms with Gasteiger partial charge in [0.05, 0.1) is 6.10 Å². The van der Waals surface area contributed by atoms with E-state index in [0.29, 0.717) is 10.8 Å². The number of carbonyl (C=O) groups excluding carboxylic acids is 1. The van der Waals surface area contributed by atoms with E-state index in [1.54, 1.807) is 45.0 Å². The van der Waals surface area contributed by atoms with Crippen molar-refractivity contribution in [2.75, 3.05) is 0 Å². The molecule has 7 heteroatoms. The van der Waals surface area contributed by atoms with Crippen LogP contribution in [0.3, 0.4) is 0 Å². The summed E-state index contributed by atoms with van der Waals surface area (Å²) in [6.45, 7) is 5.05. The molecule has 0 heterocycles. The van der Waals surface area contributed by atoms with E-state index in [1.807, 2.05) is 0 Å². The van der Waals surface area contributed by atoms with Crippen molar-refractivity contribution < 1.29 is 18.6 Å². The van der Waals surface area contributed by atoms with Crippen LogP contribution >= 0.6 is 19.8 Å². The lowest BCUT2D eigenvalue weighted by molar-refractivity contribution is -0.148. The highest BCUT2D eigenvalue weighted by atomic mass is 35.5. The van der Waals surface area contributed by atoms with E-state index >= 15 is 0 Å². The van der Waals surface area contributed by atoms with Crippen LogP contribution in [0.5, 0.6) is 5.75 Å². The van der Waals surface area contributed by atoms with Crippen LogP contribution in [0.1, 0.15) is 20.8 Å². The predicted octanol–water partition coefficient (Wildman–Crippen LogP) is 3.31. The Hall–Kier alpha value is -1.16. The number of benzene rings is 1. The predicted molar refractivity (Wildman–Crippen MR) is 73.5 cm³/mol. The van der Waals surface area contributed by atoms with Gasteiger partial charge in [-0.15, -0.1) is 0 Å². The molecule has 0 aliphatic rings. The summed E-state index contributed by atoms with van der Waals surface area (Å²) < 4.78 is 21.8. The van der Waals surface area contributed by atoms with Gasteiger partial charge in [0.2, 0.25) is 0 Å². The molecule has 0 spiro atoms. The van der Waals surface area contributed by atoms with Gasteiger partial charge < -0.3 is 4.74 Å². The quantitative estimate of drug-likeness (QED) is 0.645. The maximum Gasteiger partial charge on any atom is 0.664 e. The van der Waals surface area contributed by atoms with E-state index in [1.165, 1.54) is 0 Å². The maximum atomic E-state index is 11.7. The number of ether oxygens (including phenoxy) is 1. The fourth-order valence-corrected chi connectivity index (χ4v) is 2.08. The fourth-order valence-electron chi connectivity index (χ4n) is 1.16. The Labute approximate surface area is 118 Å². The molecule has 2 atom stereocenters. The molecule has 0 radical (unpaired) electrons. The summed E-state index contributed by atoms with van der Waals surface area (Å²) in [6.07, 6.45) is -0.216. The number of halogens is 1. The number of carbonyl (C=O) groups is 1. The molecule has 1 aromatic rings. The first kappa shape index (κ1) is 15.9. The topological polar surface area (TPSA) is 64.6 Å². The summed E-state index contributed by atoms with van der Waals surface area (Å²) in [7, 11) is -2.21. The number of nitrogens with one attached hydrogen (secondary N) is 1. The largest absolute Gasteiger partial charge is 0.664 e. The number of hydrogen-bond acceptors (Lipinski definition) is 4. The number of rotatable bonds is 6. The molecule has 0 aliphatic carbocycles. The van der Waals surface area contributed by atoms with E-state index < -0.39 is 20.2 Å². The van der Waals surface area contributed by atoms with E-state index in [9.17, 15) is 9.36 Å². The zero-order valence-corrected chi connectivity index (χ0v) is 12.6. The molecule has 0 aliphatic heterocycles. The zero-order valence-electron chi connectivity index (χ0n) is 10.9. The van der Waals surface area contributed by atoms with Gasteiger partial charge in [-0.3, -0.25) is 4.79 Å². The Bertz CT molecular complexity index is 450. The first-order chi connectivity index (χ1) is 8.88. The first-order valence-electron chi connectivity index (χ1n) is 5.76. The van der Waals surface area contributed by atoms with Crippen LogP contribution in [0.15, 0.2) is 24.3 Å². The van der Waals surface area contributed by atoms with Crippen LogP contribution in [0.2, 0.25) is 5.02 Å². The van der Waals surface area contributed by atoms with Crippen LogP contribution in [0.4, 0.5) is 0 Å². The minimum absolute atomic E-state index is 0.216. The average molecular weight is 305 g/mol. The van der Waals surface area contributed by atoms with E-state index in [0.717, 1.165) is 0 Å². The number of hydrogen-bond donors (Lipinski definition) is 1. The van der Waals surface area contributed by atoms with Crippen LogP contribution in [0.25, 0.3) is 0 Å². The van der Waals surface area contributed by atoms with E-state index in [2.05, 4.69) is 5.09 Å². The number of esters is 1. The third-order valence-corrected chi connectivity index (χ3v) is 3.23. The summed E-state index contributed by atoms with van der Waals surface area (Å²) in [5.41, 5.74) is 0. The smallest absolute Gasteiger partial charge is 0.462 e. The third kappa shape index (κ3) is 6.01. The Morgan fingerprint density at radius 3 is 2.37 bits per heavy atom. The highest BCUT2D eigenvalue weighted by Crippen LogP contribution is 2.25. The lowest BCUT2D eigenvalue weighted by Gasteiger charge is -2.10. The van der Waals surface area contributed by atoms with Crippen molar-refractivity contribution >= 4 is 25.7 Å². The second-order valence-corrected chi connectivity index (χ2v) is 5.53. The highest BCUT2D eigenvalue weighted by molar-refractivity contribution is 7.37. The molecule has 1 rings (SSSR count). The van der Waals surface area contributed by atoms with Gasteiger partial charge in [0, 0.05) is 9.59 Å². The third-order valence-electron chi connectivity index (χ3n) is 2.01. The van der Waals surface area contributed by atoms with Gasteiger partial charge in [0.25, 0.3) is 0 Å². The van der Waals surface area contributed by atoms with Crippen molar-refractivity contribution in [2.24, 2.45) is 0 Å². The fraction of sp³-hybridized carbons (Fsp3) is 0.417. The zero-order chi connectivity index (χ0) is 14.4. The van der Waals surface area contributed by atoms with E-state index in [-0.39, 0.29) is 6.10 Å². The van der Waals surface area contributed by atoms with Gasteiger partial charge in [0.15, 0.2) is 5.75 Å². The average Bonchev–Trinajstić information content (AvgIpc) is 2.31. The van der Waals surface area contributed by atoms with Gasteiger partial charge in [-0.1, -0.05) is 16.7 Å². The molecule has 19 heavy (non-hydrogen) atoms. The van der Waals surface area contributed by atoms with Crippen molar-refractivity contribution in [1.29, 1.82) is 0 Å². The van der Waals surface area contributed by atoms with Crippen molar-refractivity contribution in [3.63, 3.8) is 0 Å². The molecule has 5 nitrogen and oxygen atoms in total. The molecule has 1 aromatic carbocycles. The van der Waals surface area contributed by atoms with Crippen molar-refractivity contribution in [3.8, 4) is 5.75 Å². The van der Waals surface area contributed by atoms with Gasteiger partial charge in [-0.05, 0) is 45.0 Å². The first-order valence-corrected chi connectivity index (χ1v) is 7.31. The molecule has 0 fully saturated rings. The summed E-state index contributed by atoms with van der Waals surface area (Å²) in [6, 6.07) is 5.72. The summed E-state index contributed by atoms with van der Waals surface area (Å²) in [5, 5.41) is 3.09. The summed E-state index contributed by atoms with van der Waals surface area (Å²) in [5.74, 6) is -0.0690. The highest BCUT2D eigenvalue weighted by Gasteiger charge is 2.28. The molecule has 1 unspecified atom stereocenters. The van der Waals surface area contributed by atoms with E-state index in [4.69, 9.17) is 20.9 Å². The molecule has 0 bridgehead atoms. The summed E-state index contributed by atoms with van der Waals surface area (Å²) in [4.78, 5) is 11.5. The molecular formula is C12H16ClNO4P+. The lowest BCUT2D eigenvalue weighted by atomic mass is 10.3. The molecule has 0 amide bonds. The normalized spacial score (nSPS) is 13.0. The van der Waals surface area contributed by atoms with Gasteiger partial charge in [0.1, 0.15) is 6.04 Å². The molecular weight excluding hydrogens is 289 g/mol. The Morgan fingerprint density at radius 2 is 1.84 bits per heavy atom. The Balaban J connectivity index is 2.46. The van der Waals surface area contributed by atoms with Crippen molar-refractivity contribution in [1.82, 2.24) is 5.09 Å². The lowest BCUT2D eigenvalue weighted by Crippen LogP contribution is -2.33. The maximum absolute atomic E-state index is 11.7. The van der Waals surface area contributed by atoms with Crippen molar-refractivity contribution in [3.05, 3.63) is 29.3 Å². The Morgan fingerprint density at radius 1 is 1.26 bits per heavy atom. The Kier molecular flexibility index (Phi) is 6.22. The molecule has 0 saturated carbocycles. The van der Waals surface area contributed by atoms with Crippen LogP contribution in [0, 0.1) is 0 Å². The van der Waals surface area contributed by atoms with Crippen LogP contribution < -0.4 is 9.61 Å².